The van der Waals surface area contributed by atoms with Crippen molar-refractivity contribution in [2.24, 2.45) is 0 Å². The molecule has 1 aliphatic carbocycles. The van der Waals surface area contributed by atoms with Crippen molar-refractivity contribution in [1.29, 1.82) is 0 Å². The third kappa shape index (κ3) is 2.91. The summed E-state index contributed by atoms with van der Waals surface area (Å²) in [6.45, 7) is 1.54. The van der Waals surface area contributed by atoms with E-state index in [1.54, 1.807) is 18.5 Å². The van der Waals surface area contributed by atoms with Gasteiger partial charge in [0, 0.05) is 42.7 Å². The Morgan fingerprint density at radius 3 is 2.46 bits per heavy atom. The quantitative estimate of drug-likeness (QED) is 0.697. The number of rotatable bonds is 3. The minimum atomic E-state index is 0.0303. The second kappa shape index (κ2) is 6.89. The molecule has 1 fully saturated rings. The van der Waals surface area contributed by atoms with Crippen LogP contribution < -0.4 is 10.5 Å². The predicted octanol–water partition coefficient (Wildman–Crippen LogP) is 4.03. The Hall–Kier alpha value is -2.95. The summed E-state index contributed by atoms with van der Waals surface area (Å²) < 4.78 is 1.86. The number of hydrogen-bond acceptors (Lipinski definition) is 4. The fraction of sp³-hybridized carbons (Fsp3) is 0.348. The van der Waals surface area contributed by atoms with Crippen LogP contribution in [0.5, 0.6) is 0 Å². The molecule has 3 aromatic rings. The van der Waals surface area contributed by atoms with Gasteiger partial charge in [-0.2, -0.15) is 0 Å². The first-order chi connectivity index (χ1) is 13.8. The Bertz CT molecular complexity index is 1020. The molecule has 1 aromatic carbocycles. The lowest BCUT2D eigenvalue weighted by molar-refractivity contribution is 0.301. The highest BCUT2D eigenvalue weighted by atomic mass is 16.1. The van der Waals surface area contributed by atoms with Gasteiger partial charge in [-0.25, -0.2) is 4.98 Å². The van der Waals surface area contributed by atoms with Gasteiger partial charge in [-0.15, -0.1) is 0 Å². The summed E-state index contributed by atoms with van der Waals surface area (Å²) in [7, 11) is 0. The summed E-state index contributed by atoms with van der Waals surface area (Å²) >= 11 is 0. The van der Waals surface area contributed by atoms with Crippen LogP contribution in [-0.2, 0) is 13.1 Å². The number of benzene rings is 1. The molecule has 3 heterocycles. The molecule has 1 spiro atoms. The summed E-state index contributed by atoms with van der Waals surface area (Å²) in [6.07, 6.45) is 9.36. The maximum absolute atomic E-state index is 12.9. The zero-order chi connectivity index (χ0) is 19.0. The van der Waals surface area contributed by atoms with Crippen LogP contribution in [0.4, 0.5) is 5.95 Å². The number of pyridine rings is 1. The molecule has 1 saturated carbocycles. The van der Waals surface area contributed by atoms with E-state index in [4.69, 9.17) is 4.98 Å². The number of aromatic nitrogens is 3. The molecule has 0 saturated heterocycles. The van der Waals surface area contributed by atoms with E-state index in [0.717, 1.165) is 36.7 Å². The minimum absolute atomic E-state index is 0.0303. The summed E-state index contributed by atoms with van der Waals surface area (Å²) in [4.78, 5) is 24.5. The summed E-state index contributed by atoms with van der Waals surface area (Å²) in [6, 6.07) is 16.0. The SMILES string of the molecule is O=c1cc(-c2ccncc2)nc2n1CCC1(CCCC1)N2Cc1ccccc1. The highest BCUT2D eigenvalue weighted by Gasteiger charge is 2.44. The van der Waals surface area contributed by atoms with Crippen LogP contribution in [0.1, 0.15) is 37.7 Å². The van der Waals surface area contributed by atoms with E-state index in [1.807, 2.05) is 22.8 Å². The molecule has 2 aromatic heterocycles. The second-order valence-electron chi connectivity index (χ2n) is 7.92. The first-order valence-electron chi connectivity index (χ1n) is 10.1. The molecule has 5 rings (SSSR count). The van der Waals surface area contributed by atoms with Crippen LogP contribution in [0.25, 0.3) is 11.3 Å². The van der Waals surface area contributed by atoms with E-state index in [2.05, 4.69) is 34.1 Å². The van der Waals surface area contributed by atoms with Gasteiger partial charge in [0.25, 0.3) is 5.56 Å². The largest absolute Gasteiger partial charge is 0.332 e. The highest BCUT2D eigenvalue weighted by Crippen LogP contribution is 2.44. The van der Waals surface area contributed by atoms with Crippen molar-refractivity contribution in [1.82, 2.24) is 14.5 Å². The van der Waals surface area contributed by atoms with Gasteiger partial charge in [0.1, 0.15) is 0 Å². The van der Waals surface area contributed by atoms with Crippen molar-refractivity contribution in [2.75, 3.05) is 4.90 Å². The molecule has 0 N–H and O–H groups in total. The second-order valence-corrected chi connectivity index (χ2v) is 7.92. The predicted molar refractivity (Wildman–Crippen MR) is 110 cm³/mol. The zero-order valence-electron chi connectivity index (χ0n) is 15.9. The number of nitrogens with zero attached hydrogens (tertiary/aromatic N) is 4. The van der Waals surface area contributed by atoms with Crippen LogP contribution in [-0.4, -0.2) is 20.1 Å². The van der Waals surface area contributed by atoms with E-state index >= 15 is 0 Å². The van der Waals surface area contributed by atoms with Gasteiger partial charge in [-0.3, -0.25) is 14.3 Å². The van der Waals surface area contributed by atoms with Crippen LogP contribution >= 0.6 is 0 Å². The van der Waals surface area contributed by atoms with Crippen LogP contribution in [0, 0.1) is 0 Å². The number of anilines is 1. The Morgan fingerprint density at radius 2 is 1.71 bits per heavy atom. The van der Waals surface area contributed by atoms with Crippen molar-refractivity contribution >= 4 is 5.95 Å². The van der Waals surface area contributed by atoms with Crippen molar-refractivity contribution in [3.05, 3.63) is 76.8 Å². The van der Waals surface area contributed by atoms with E-state index in [1.165, 1.54) is 31.2 Å². The molecule has 0 radical (unpaired) electrons. The molecule has 0 bridgehead atoms. The number of hydrogen-bond donors (Lipinski definition) is 0. The lowest BCUT2D eigenvalue weighted by atomic mass is 9.88. The minimum Gasteiger partial charge on any atom is -0.332 e. The van der Waals surface area contributed by atoms with Crippen molar-refractivity contribution in [3.8, 4) is 11.3 Å². The normalized spacial score (nSPS) is 17.6. The molecule has 5 nitrogen and oxygen atoms in total. The monoisotopic (exact) mass is 372 g/mol. The Morgan fingerprint density at radius 1 is 0.964 bits per heavy atom. The first kappa shape index (κ1) is 17.2. The molecule has 0 amide bonds. The van der Waals surface area contributed by atoms with Gasteiger partial charge in [0.15, 0.2) is 0 Å². The van der Waals surface area contributed by atoms with Gasteiger partial charge in [-0.1, -0.05) is 43.2 Å². The van der Waals surface area contributed by atoms with Crippen LogP contribution in [0.15, 0.2) is 65.7 Å². The smallest absolute Gasteiger partial charge is 0.255 e. The Balaban J connectivity index is 1.65. The summed E-state index contributed by atoms with van der Waals surface area (Å²) in [5.74, 6) is 0.816. The van der Waals surface area contributed by atoms with E-state index in [9.17, 15) is 4.79 Å². The summed E-state index contributed by atoms with van der Waals surface area (Å²) in [5.41, 5.74) is 3.06. The molecule has 5 heteroatoms. The fourth-order valence-corrected chi connectivity index (χ4v) is 4.81. The van der Waals surface area contributed by atoms with E-state index in [0.29, 0.717) is 0 Å². The molecule has 28 heavy (non-hydrogen) atoms. The first-order valence-corrected chi connectivity index (χ1v) is 10.1. The van der Waals surface area contributed by atoms with Crippen molar-refractivity contribution in [2.45, 2.75) is 50.7 Å². The molecule has 1 aliphatic heterocycles. The molecule has 0 unspecified atom stereocenters. The molecular formula is C23H24N4O. The maximum atomic E-state index is 12.9. The number of fused-ring (bicyclic) bond motifs is 1. The van der Waals surface area contributed by atoms with Crippen molar-refractivity contribution in [3.63, 3.8) is 0 Å². The standard InChI is InChI=1S/C23H24N4O/c28-21-16-20(19-8-13-24-14-9-19)25-22-26(21)15-12-23(10-4-5-11-23)27(22)17-18-6-2-1-3-7-18/h1-3,6-9,13-14,16H,4-5,10-12,15,17H2. The zero-order valence-corrected chi connectivity index (χ0v) is 15.9. The topological polar surface area (TPSA) is 51.0 Å². The van der Waals surface area contributed by atoms with Crippen LogP contribution in [0.2, 0.25) is 0 Å². The fourth-order valence-electron chi connectivity index (χ4n) is 4.81. The van der Waals surface area contributed by atoms with Gasteiger partial charge < -0.3 is 4.90 Å². The van der Waals surface area contributed by atoms with E-state index in [-0.39, 0.29) is 11.1 Å². The lowest BCUT2D eigenvalue weighted by Crippen LogP contribution is -2.53. The van der Waals surface area contributed by atoms with Gasteiger partial charge in [-0.05, 0) is 37.0 Å². The third-order valence-electron chi connectivity index (χ3n) is 6.30. The Kier molecular flexibility index (Phi) is 4.23. The van der Waals surface area contributed by atoms with Gasteiger partial charge in [0.05, 0.1) is 5.69 Å². The van der Waals surface area contributed by atoms with Gasteiger partial charge in [0.2, 0.25) is 5.95 Å². The van der Waals surface area contributed by atoms with Gasteiger partial charge >= 0.3 is 0 Å². The molecule has 0 atom stereocenters. The molecule has 142 valence electrons. The molecular weight excluding hydrogens is 348 g/mol. The lowest BCUT2D eigenvalue weighted by Gasteiger charge is -2.46. The van der Waals surface area contributed by atoms with E-state index < -0.39 is 0 Å². The summed E-state index contributed by atoms with van der Waals surface area (Å²) in [5, 5.41) is 0. The highest BCUT2D eigenvalue weighted by molar-refractivity contribution is 5.60. The Labute approximate surface area is 164 Å². The maximum Gasteiger partial charge on any atom is 0.255 e. The van der Waals surface area contributed by atoms with Crippen LogP contribution in [0.3, 0.4) is 0 Å². The third-order valence-corrected chi connectivity index (χ3v) is 6.30. The average molecular weight is 372 g/mol. The average Bonchev–Trinajstić information content (AvgIpc) is 3.21. The molecule has 2 aliphatic rings. The van der Waals surface area contributed by atoms with Crippen molar-refractivity contribution < 1.29 is 0 Å².